The topological polar surface area (TPSA) is 57.9 Å². The van der Waals surface area contributed by atoms with Gasteiger partial charge in [-0.2, -0.15) is 0 Å². The first-order valence-corrected chi connectivity index (χ1v) is 12.3. The molecular formula is C30H29ClO5. The minimum atomic E-state index is -0.214. The number of rotatable bonds is 4. The first-order chi connectivity index (χ1) is 17.1. The summed E-state index contributed by atoms with van der Waals surface area (Å²) in [5.41, 5.74) is 5.95. The third kappa shape index (κ3) is 4.61. The molecule has 0 fully saturated rings. The molecule has 1 aliphatic heterocycles. The Labute approximate surface area is 215 Å². The Morgan fingerprint density at radius 2 is 1.72 bits per heavy atom. The van der Waals surface area contributed by atoms with Gasteiger partial charge in [0.15, 0.2) is 12.6 Å². The van der Waals surface area contributed by atoms with Crippen LogP contribution in [0.4, 0.5) is 0 Å². The summed E-state index contributed by atoms with van der Waals surface area (Å²) < 4.78 is 23.7. The van der Waals surface area contributed by atoms with Crippen molar-refractivity contribution < 1.29 is 18.6 Å². The number of halogens is 1. The number of benzene rings is 3. The molecule has 0 saturated heterocycles. The smallest absolute Gasteiger partial charge is 0.235 e. The lowest BCUT2D eigenvalue weighted by Gasteiger charge is -2.21. The van der Waals surface area contributed by atoms with Crippen LogP contribution in [0.3, 0.4) is 0 Å². The molecule has 2 heterocycles. The predicted octanol–water partition coefficient (Wildman–Crippen LogP) is 7.47. The van der Waals surface area contributed by atoms with Gasteiger partial charge in [0.2, 0.25) is 11.2 Å². The normalized spacial score (nSPS) is 13.4. The van der Waals surface area contributed by atoms with E-state index in [4.69, 9.17) is 30.2 Å². The van der Waals surface area contributed by atoms with Crippen LogP contribution in [0.25, 0.3) is 22.3 Å². The van der Waals surface area contributed by atoms with Gasteiger partial charge in [0.05, 0.1) is 12.0 Å². The van der Waals surface area contributed by atoms with Crippen molar-refractivity contribution in [1.82, 2.24) is 0 Å². The molecule has 0 aliphatic carbocycles. The van der Waals surface area contributed by atoms with Crippen LogP contribution < -0.4 is 14.9 Å². The maximum absolute atomic E-state index is 13.7. The Balaban J connectivity index is 1.63. The highest BCUT2D eigenvalue weighted by Crippen LogP contribution is 2.36. The molecule has 5 rings (SSSR count). The van der Waals surface area contributed by atoms with E-state index in [1.54, 1.807) is 6.07 Å². The molecule has 0 N–H and O–H groups in total. The number of aryl methyl sites for hydroxylation is 2. The van der Waals surface area contributed by atoms with Gasteiger partial charge in [0.1, 0.15) is 17.9 Å². The molecule has 186 valence electrons. The molecule has 1 aromatic heterocycles. The van der Waals surface area contributed by atoms with Gasteiger partial charge in [0.25, 0.3) is 0 Å². The van der Waals surface area contributed by atoms with Crippen LogP contribution in [-0.2, 0) is 23.4 Å². The summed E-state index contributed by atoms with van der Waals surface area (Å²) in [6.07, 6.45) is 0. The molecule has 1 aliphatic rings. The van der Waals surface area contributed by atoms with Gasteiger partial charge in [-0.3, -0.25) is 4.79 Å². The number of fused-ring (bicyclic) bond motifs is 2. The van der Waals surface area contributed by atoms with Crippen LogP contribution in [-0.4, -0.2) is 6.79 Å². The Morgan fingerprint density at radius 1 is 1.00 bits per heavy atom. The summed E-state index contributed by atoms with van der Waals surface area (Å²) in [6, 6.07) is 15.4. The van der Waals surface area contributed by atoms with E-state index in [1.807, 2.05) is 44.2 Å². The lowest BCUT2D eigenvalue weighted by atomic mass is 9.86. The average molecular weight is 505 g/mol. The monoisotopic (exact) mass is 504 g/mol. The van der Waals surface area contributed by atoms with Gasteiger partial charge >= 0.3 is 0 Å². The predicted molar refractivity (Wildman–Crippen MR) is 142 cm³/mol. The highest BCUT2D eigenvalue weighted by atomic mass is 35.5. The zero-order valence-corrected chi connectivity index (χ0v) is 21.9. The molecule has 6 heteroatoms. The van der Waals surface area contributed by atoms with Gasteiger partial charge in [-0.05, 0) is 60.2 Å². The van der Waals surface area contributed by atoms with Crippen molar-refractivity contribution >= 4 is 22.6 Å². The van der Waals surface area contributed by atoms with Crippen LogP contribution in [0.15, 0.2) is 57.7 Å². The Bertz CT molecular complexity index is 1510. The highest BCUT2D eigenvalue weighted by Gasteiger charge is 2.22. The number of hydrogen-bond acceptors (Lipinski definition) is 5. The third-order valence-corrected chi connectivity index (χ3v) is 6.82. The second-order valence-electron chi connectivity index (χ2n) is 10.3. The SMILES string of the molecule is Cc1cc2oc(-c3ccc(C(C)(C)C)cc3)c(OCc3cc(Cl)cc4c3OCOC4)c(=O)c2cc1C. The van der Waals surface area contributed by atoms with E-state index in [2.05, 4.69) is 32.9 Å². The van der Waals surface area contributed by atoms with Crippen LogP contribution in [0, 0.1) is 13.8 Å². The Hall–Kier alpha value is -3.28. The van der Waals surface area contributed by atoms with Crippen LogP contribution >= 0.6 is 11.6 Å². The molecule has 4 aromatic rings. The van der Waals surface area contributed by atoms with E-state index in [9.17, 15) is 4.79 Å². The molecule has 0 amide bonds. The minimum absolute atomic E-state index is 0.00606. The first kappa shape index (κ1) is 24.4. The van der Waals surface area contributed by atoms with Gasteiger partial charge in [0, 0.05) is 21.7 Å². The van der Waals surface area contributed by atoms with E-state index in [1.165, 1.54) is 5.56 Å². The minimum Gasteiger partial charge on any atom is -0.481 e. The quantitative estimate of drug-likeness (QED) is 0.288. The van der Waals surface area contributed by atoms with E-state index >= 15 is 0 Å². The van der Waals surface area contributed by atoms with Gasteiger partial charge < -0.3 is 18.6 Å². The molecule has 5 nitrogen and oxygen atoms in total. The standard InChI is InChI=1S/C30H29ClO5/c1-17-10-24-25(11-18(17)2)36-28(19-6-8-22(9-7-19)30(3,4)5)29(26(24)32)34-15-21-13-23(31)12-20-14-33-16-35-27(20)21/h6-13H,14-16H2,1-5H3. The Kier molecular flexibility index (Phi) is 6.31. The molecule has 0 atom stereocenters. The first-order valence-electron chi connectivity index (χ1n) is 12.0. The summed E-state index contributed by atoms with van der Waals surface area (Å²) in [5.74, 6) is 1.24. The third-order valence-electron chi connectivity index (χ3n) is 6.60. The van der Waals surface area contributed by atoms with Crippen molar-refractivity contribution in [2.45, 2.75) is 53.2 Å². The lowest BCUT2D eigenvalue weighted by molar-refractivity contribution is -0.0175. The van der Waals surface area contributed by atoms with Gasteiger partial charge in [-0.15, -0.1) is 0 Å². The fourth-order valence-corrected chi connectivity index (χ4v) is 4.65. The zero-order chi connectivity index (χ0) is 25.6. The molecular weight excluding hydrogens is 476 g/mol. The van der Waals surface area contributed by atoms with Crippen molar-refractivity contribution in [2.24, 2.45) is 0 Å². The molecule has 0 bridgehead atoms. The van der Waals surface area contributed by atoms with E-state index in [0.29, 0.717) is 34.1 Å². The fraction of sp³-hybridized carbons (Fsp3) is 0.300. The second-order valence-corrected chi connectivity index (χ2v) is 10.7. The van der Waals surface area contributed by atoms with E-state index < -0.39 is 0 Å². The van der Waals surface area contributed by atoms with Gasteiger partial charge in [-0.25, -0.2) is 0 Å². The van der Waals surface area contributed by atoms with Crippen molar-refractivity contribution in [1.29, 1.82) is 0 Å². The lowest BCUT2D eigenvalue weighted by Crippen LogP contribution is -2.15. The molecule has 36 heavy (non-hydrogen) atoms. The fourth-order valence-electron chi connectivity index (χ4n) is 4.39. The van der Waals surface area contributed by atoms with Gasteiger partial charge in [-0.1, -0.05) is 56.6 Å². The Morgan fingerprint density at radius 3 is 2.44 bits per heavy atom. The summed E-state index contributed by atoms with van der Waals surface area (Å²) in [5, 5.41) is 1.04. The van der Waals surface area contributed by atoms with E-state index in [0.717, 1.165) is 27.8 Å². The molecule has 0 unspecified atom stereocenters. The largest absolute Gasteiger partial charge is 0.481 e. The van der Waals surface area contributed by atoms with Crippen LogP contribution in [0.2, 0.25) is 5.02 Å². The van der Waals surface area contributed by atoms with E-state index in [-0.39, 0.29) is 30.0 Å². The second kappa shape index (κ2) is 9.30. The van der Waals surface area contributed by atoms with Crippen LogP contribution in [0.5, 0.6) is 11.5 Å². The maximum atomic E-state index is 13.7. The molecule has 0 spiro atoms. The zero-order valence-electron chi connectivity index (χ0n) is 21.2. The summed E-state index contributed by atoms with van der Waals surface area (Å²) in [6.45, 7) is 11.1. The van der Waals surface area contributed by atoms with Crippen LogP contribution in [0.1, 0.15) is 48.6 Å². The molecule has 0 saturated carbocycles. The summed E-state index contributed by atoms with van der Waals surface area (Å²) >= 11 is 6.34. The maximum Gasteiger partial charge on any atom is 0.235 e. The molecule has 3 aromatic carbocycles. The number of hydrogen-bond donors (Lipinski definition) is 0. The molecule has 0 radical (unpaired) electrons. The van der Waals surface area contributed by atoms with Crippen molar-refractivity contribution in [3.8, 4) is 22.8 Å². The summed E-state index contributed by atoms with van der Waals surface area (Å²) in [4.78, 5) is 13.7. The van der Waals surface area contributed by atoms with Crippen molar-refractivity contribution in [3.63, 3.8) is 0 Å². The average Bonchev–Trinajstić information content (AvgIpc) is 2.84. The highest BCUT2D eigenvalue weighted by molar-refractivity contribution is 6.30. The number of ether oxygens (including phenoxy) is 3. The summed E-state index contributed by atoms with van der Waals surface area (Å²) in [7, 11) is 0. The van der Waals surface area contributed by atoms with Crippen molar-refractivity contribution in [3.05, 3.63) is 91.6 Å². The van der Waals surface area contributed by atoms with Crippen molar-refractivity contribution in [2.75, 3.05) is 6.79 Å².